The Balaban J connectivity index is 2.63. The number of likely N-dealkylation sites (N-methyl/N-ethyl adjacent to an activating group) is 1. The zero-order valence-electron chi connectivity index (χ0n) is 9.64. The molecule has 0 atom stereocenters. The molecule has 84 valence electrons. The number of hydrogen-bond acceptors (Lipinski definition) is 1. The van der Waals surface area contributed by atoms with Crippen molar-refractivity contribution in [3.05, 3.63) is 28.3 Å². The number of benzene rings is 1. The van der Waals surface area contributed by atoms with E-state index in [-0.39, 0.29) is 0 Å². The summed E-state index contributed by atoms with van der Waals surface area (Å²) in [6, 6.07) is 4.06. The van der Waals surface area contributed by atoms with Gasteiger partial charge in [0.15, 0.2) is 0 Å². The molecule has 0 bridgehead atoms. The zero-order valence-corrected chi connectivity index (χ0v) is 10.4. The van der Waals surface area contributed by atoms with Crippen LogP contribution in [0.4, 0.5) is 0 Å². The van der Waals surface area contributed by atoms with Crippen LogP contribution in [0.2, 0.25) is 5.02 Å². The first-order valence-electron chi connectivity index (χ1n) is 5.37. The third-order valence-electron chi connectivity index (χ3n) is 2.34. The highest BCUT2D eigenvalue weighted by Crippen LogP contribution is 2.31. The average molecular weight is 229 g/mol. The molecule has 0 fully saturated rings. The molecule has 0 aliphatic heterocycles. The molecule has 0 saturated heterocycles. The number of halogens is 1. The van der Waals surface area contributed by atoms with Crippen molar-refractivity contribution in [3.63, 3.8) is 0 Å². The number of nitrogens with two attached hydrogens (primary N) is 1. The number of ether oxygens (including phenoxy) is 1. The lowest BCUT2D eigenvalue weighted by atomic mass is 10.1. The second-order valence-electron chi connectivity index (χ2n) is 3.68. The number of hydrogen-bond donors (Lipinski definition) is 1. The largest absolute Gasteiger partial charge is 0.486 e. The van der Waals surface area contributed by atoms with Gasteiger partial charge < -0.3 is 10.1 Å². The fraction of sp³-hybridized carbons (Fsp3) is 0.500. The lowest BCUT2D eigenvalue weighted by molar-refractivity contribution is -0.652. The minimum atomic E-state index is 0.706. The number of quaternary nitrogens is 1. The van der Waals surface area contributed by atoms with E-state index in [1.165, 1.54) is 0 Å². The Bertz CT molecular complexity index is 326. The molecule has 3 heteroatoms. The van der Waals surface area contributed by atoms with E-state index in [4.69, 9.17) is 16.3 Å². The molecule has 0 aromatic heterocycles. The molecule has 1 rings (SSSR count). The quantitative estimate of drug-likeness (QED) is 0.766. The summed E-state index contributed by atoms with van der Waals surface area (Å²) in [5, 5.41) is 2.95. The Morgan fingerprint density at radius 2 is 1.93 bits per heavy atom. The van der Waals surface area contributed by atoms with Crippen LogP contribution in [0.3, 0.4) is 0 Å². The minimum Gasteiger partial charge on any atom is -0.486 e. The fourth-order valence-electron chi connectivity index (χ4n) is 1.38. The van der Waals surface area contributed by atoms with E-state index in [1.54, 1.807) is 0 Å². The maximum Gasteiger partial charge on any atom is 0.141 e. The van der Waals surface area contributed by atoms with Crippen LogP contribution in [0.15, 0.2) is 12.1 Å². The number of rotatable bonds is 5. The van der Waals surface area contributed by atoms with Crippen molar-refractivity contribution < 1.29 is 10.1 Å². The normalized spacial score (nSPS) is 10.4. The van der Waals surface area contributed by atoms with Crippen LogP contribution in [0, 0.1) is 13.8 Å². The van der Waals surface area contributed by atoms with Crippen molar-refractivity contribution in [3.8, 4) is 5.75 Å². The predicted molar refractivity (Wildman–Crippen MR) is 63.8 cm³/mol. The van der Waals surface area contributed by atoms with E-state index in [2.05, 4.69) is 12.2 Å². The molecule has 0 unspecified atom stereocenters. The Kier molecular flexibility index (Phi) is 4.92. The first-order valence-corrected chi connectivity index (χ1v) is 5.74. The van der Waals surface area contributed by atoms with E-state index in [0.717, 1.165) is 35.0 Å². The van der Waals surface area contributed by atoms with Crippen molar-refractivity contribution in [2.24, 2.45) is 0 Å². The van der Waals surface area contributed by atoms with Gasteiger partial charge in [0.05, 0.1) is 11.6 Å². The van der Waals surface area contributed by atoms with Gasteiger partial charge in [-0.2, -0.15) is 0 Å². The molecule has 0 saturated carbocycles. The summed E-state index contributed by atoms with van der Waals surface area (Å²) >= 11 is 6.18. The fourth-order valence-corrected chi connectivity index (χ4v) is 1.64. The zero-order chi connectivity index (χ0) is 11.3. The summed E-state index contributed by atoms with van der Waals surface area (Å²) in [5.41, 5.74) is 2.17. The number of aryl methyl sites for hydroxylation is 2. The first-order chi connectivity index (χ1) is 7.16. The average Bonchev–Trinajstić information content (AvgIpc) is 2.23. The lowest BCUT2D eigenvalue weighted by Gasteiger charge is -2.11. The Labute approximate surface area is 96.6 Å². The third-order valence-corrected chi connectivity index (χ3v) is 2.81. The Hall–Kier alpha value is -0.730. The highest BCUT2D eigenvalue weighted by molar-refractivity contribution is 6.32. The van der Waals surface area contributed by atoms with Crippen molar-refractivity contribution >= 4 is 11.6 Å². The van der Waals surface area contributed by atoms with Gasteiger partial charge in [-0.3, -0.25) is 0 Å². The summed E-state index contributed by atoms with van der Waals surface area (Å²) in [7, 11) is 0. The van der Waals surface area contributed by atoms with Crippen LogP contribution in [-0.4, -0.2) is 19.7 Å². The van der Waals surface area contributed by atoms with Gasteiger partial charge in [-0.15, -0.1) is 0 Å². The molecule has 15 heavy (non-hydrogen) atoms. The molecule has 2 N–H and O–H groups in total. The van der Waals surface area contributed by atoms with Gasteiger partial charge >= 0.3 is 0 Å². The third kappa shape index (κ3) is 3.40. The van der Waals surface area contributed by atoms with Crippen LogP contribution in [0.25, 0.3) is 0 Å². The summed E-state index contributed by atoms with van der Waals surface area (Å²) in [5.74, 6) is 0.834. The summed E-state index contributed by atoms with van der Waals surface area (Å²) in [6.45, 7) is 8.91. The standard InChI is InChI=1S/C12H18ClNO/c1-4-14-7-8-15-12-10(3)6-5-9(2)11(12)13/h5-6,14H,4,7-8H2,1-3H3/p+1. The van der Waals surface area contributed by atoms with Crippen molar-refractivity contribution in [1.82, 2.24) is 0 Å². The summed E-state index contributed by atoms with van der Waals surface area (Å²) in [4.78, 5) is 0. The predicted octanol–water partition coefficient (Wildman–Crippen LogP) is 1.92. The van der Waals surface area contributed by atoms with Crippen molar-refractivity contribution in [2.45, 2.75) is 20.8 Å². The van der Waals surface area contributed by atoms with Crippen LogP contribution in [-0.2, 0) is 0 Å². The van der Waals surface area contributed by atoms with Gasteiger partial charge in [0.25, 0.3) is 0 Å². The molecular formula is C12H19ClNO+. The van der Waals surface area contributed by atoms with Gasteiger partial charge in [-0.25, -0.2) is 0 Å². The van der Waals surface area contributed by atoms with Crippen LogP contribution < -0.4 is 10.1 Å². The molecule has 1 aromatic carbocycles. The highest BCUT2D eigenvalue weighted by Gasteiger charge is 2.07. The van der Waals surface area contributed by atoms with Crippen LogP contribution in [0.1, 0.15) is 18.1 Å². The molecule has 0 radical (unpaired) electrons. The SMILES string of the molecule is CC[NH2+]CCOc1c(C)ccc(C)c1Cl. The molecule has 2 nitrogen and oxygen atoms in total. The monoisotopic (exact) mass is 228 g/mol. The minimum absolute atomic E-state index is 0.706. The molecule has 0 heterocycles. The molecule has 0 amide bonds. The molecule has 0 aliphatic rings. The molecular weight excluding hydrogens is 210 g/mol. The van der Waals surface area contributed by atoms with E-state index >= 15 is 0 Å². The van der Waals surface area contributed by atoms with E-state index in [9.17, 15) is 0 Å². The van der Waals surface area contributed by atoms with E-state index in [0.29, 0.717) is 6.61 Å². The van der Waals surface area contributed by atoms with Gasteiger partial charge in [-0.1, -0.05) is 23.7 Å². The van der Waals surface area contributed by atoms with E-state index in [1.807, 2.05) is 26.0 Å². The lowest BCUT2D eigenvalue weighted by Crippen LogP contribution is -2.84. The first kappa shape index (κ1) is 12.3. The van der Waals surface area contributed by atoms with E-state index < -0.39 is 0 Å². The molecule has 0 spiro atoms. The van der Waals surface area contributed by atoms with Gasteiger partial charge in [0, 0.05) is 0 Å². The Morgan fingerprint density at radius 1 is 1.27 bits per heavy atom. The van der Waals surface area contributed by atoms with Crippen LogP contribution >= 0.6 is 11.6 Å². The second-order valence-corrected chi connectivity index (χ2v) is 4.05. The van der Waals surface area contributed by atoms with Gasteiger partial charge in [0.2, 0.25) is 0 Å². The summed E-state index contributed by atoms with van der Waals surface area (Å²) < 4.78 is 5.69. The molecule has 1 aromatic rings. The van der Waals surface area contributed by atoms with Crippen molar-refractivity contribution in [1.29, 1.82) is 0 Å². The topological polar surface area (TPSA) is 25.8 Å². The smallest absolute Gasteiger partial charge is 0.141 e. The van der Waals surface area contributed by atoms with Crippen LogP contribution in [0.5, 0.6) is 5.75 Å². The molecule has 0 aliphatic carbocycles. The Morgan fingerprint density at radius 3 is 2.60 bits per heavy atom. The highest BCUT2D eigenvalue weighted by atomic mass is 35.5. The van der Waals surface area contributed by atoms with Gasteiger partial charge in [0.1, 0.15) is 18.9 Å². The summed E-state index contributed by atoms with van der Waals surface area (Å²) in [6.07, 6.45) is 0. The second kappa shape index (κ2) is 5.99. The van der Waals surface area contributed by atoms with Crippen molar-refractivity contribution in [2.75, 3.05) is 19.7 Å². The van der Waals surface area contributed by atoms with Gasteiger partial charge in [-0.05, 0) is 31.9 Å². The maximum absolute atomic E-state index is 6.18. The maximum atomic E-state index is 6.18.